The van der Waals surface area contributed by atoms with E-state index in [4.69, 9.17) is 4.42 Å². The number of nitrogens with one attached hydrogen (secondary N) is 1. The number of rotatable bonds is 3. The van der Waals surface area contributed by atoms with Crippen molar-refractivity contribution in [2.75, 3.05) is 5.01 Å². The molecule has 3 rings (SSSR count). The average Bonchev–Trinajstić information content (AvgIpc) is 3.08. The van der Waals surface area contributed by atoms with Crippen molar-refractivity contribution in [1.82, 2.24) is 5.43 Å². The Hall–Kier alpha value is -2.94. The van der Waals surface area contributed by atoms with Gasteiger partial charge in [0.25, 0.3) is 11.8 Å². The minimum absolute atomic E-state index is 0.0475. The number of anilines is 1. The standard InChI is InChI=1S/C14H8BrN3O5/c15-8-2-1-3-9(6-8)17-14(20)11(13(19)16-17)7-10-4-5-12(23-10)18(21)22/h1-7H,(H,16,19). The van der Waals surface area contributed by atoms with Gasteiger partial charge in [0.05, 0.1) is 11.8 Å². The van der Waals surface area contributed by atoms with Crippen LogP contribution in [0.4, 0.5) is 11.6 Å². The van der Waals surface area contributed by atoms with E-state index in [1.54, 1.807) is 24.3 Å². The molecule has 1 aliphatic heterocycles. The number of halogens is 1. The van der Waals surface area contributed by atoms with E-state index in [-0.39, 0.29) is 11.3 Å². The first-order chi connectivity index (χ1) is 11.0. The summed E-state index contributed by atoms with van der Waals surface area (Å²) in [6.45, 7) is 0. The number of benzene rings is 1. The van der Waals surface area contributed by atoms with Crippen LogP contribution >= 0.6 is 15.9 Å². The van der Waals surface area contributed by atoms with Gasteiger partial charge in [-0.15, -0.1) is 0 Å². The lowest BCUT2D eigenvalue weighted by Gasteiger charge is -2.14. The van der Waals surface area contributed by atoms with Crippen molar-refractivity contribution in [3.63, 3.8) is 0 Å². The number of nitro groups is 1. The maximum atomic E-state index is 12.4. The molecule has 116 valence electrons. The van der Waals surface area contributed by atoms with Gasteiger partial charge in [-0.3, -0.25) is 25.1 Å². The quantitative estimate of drug-likeness (QED) is 0.382. The molecule has 8 nitrogen and oxygen atoms in total. The molecular weight excluding hydrogens is 370 g/mol. The van der Waals surface area contributed by atoms with Gasteiger partial charge in [0, 0.05) is 4.47 Å². The number of hydrogen-bond donors (Lipinski definition) is 1. The van der Waals surface area contributed by atoms with Crippen molar-refractivity contribution in [3.8, 4) is 0 Å². The third-order valence-electron chi connectivity index (χ3n) is 3.04. The van der Waals surface area contributed by atoms with Crippen LogP contribution in [0.2, 0.25) is 0 Å². The van der Waals surface area contributed by atoms with Crippen LogP contribution in [-0.2, 0) is 9.59 Å². The van der Waals surface area contributed by atoms with Gasteiger partial charge in [0.2, 0.25) is 0 Å². The van der Waals surface area contributed by atoms with E-state index in [1.165, 1.54) is 12.1 Å². The van der Waals surface area contributed by atoms with Crippen molar-refractivity contribution >= 4 is 45.4 Å². The first-order valence-electron chi connectivity index (χ1n) is 6.32. The van der Waals surface area contributed by atoms with E-state index in [1.807, 2.05) is 0 Å². The summed E-state index contributed by atoms with van der Waals surface area (Å²) in [4.78, 5) is 34.2. The maximum absolute atomic E-state index is 12.4. The number of amides is 2. The Morgan fingerprint density at radius 1 is 1.26 bits per heavy atom. The molecule has 1 N–H and O–H groups in total. The second-order valence-corrected chi connectivity index (χ2v) is 5.47. The Balaban J connectivity index is 1.91. The van der Waals surface area contributed by atoms with Gasteiger partial charge in [-0.2, -0.15) is 0 Å². The summed E-state index contributed by atoms with van der Waals surface area (Å²) in [5.41, 5.74) is 2.73. The van der Waals surface area contributed by atoms with Crippen molar-refractivity contribution in [1.29, 1.82) is 0 Å². The predicted molar refractivity (Wildman–Crippen MR) is 83.1 cm³/mol. The summed E-state index contributed by atoms with van der Waals surface area (Å²) in [5.74, 6) is -1.61. The van der Waals surface area contributed by atoms with Gasteiger partial charge >= 0.3 is 5.88 Å². The molecule has 1 aromatic heterocycles. The van der Waals surface area contributed by atoms with Crippen molar-refractivity contribution in [2.45, 2.75) is 0 Å². The van der Waals surface area contributed by atoms with Crippen LogP contribution in [0, 0.1) is 10.1 Å². The van der Waals surface area contributed by atoms with E-state index in [9.17, 15) is 19.7 Å². The Labute approximate surface area is 137 Å². The lowest BCUT2D eigenvalue weighted by Crippen LogP contribution is -2.35. The topological polar surface area (TPSA) is 106 Å². The van der Waals surface area contributed by atoms with Crippen LogP contribution in [0.25, 0.3) is 6.08 Å². The molecule has 0 saturated carbocycles. The molecule has 9 heteroatoms. The second-order valence-electron chi connectivity index (χ2n) is 4.55. The molecule has 2 aromatic rings. The fourth-order valence-corrected chi connectivity index (χ4v) is 2.40. The van der Waals surface area contributed by atoms with Crippen LogP contribution < -0.4 is 10.4 Å². The highest BCUT2D eigenvalue weighted by Crippen LogP contribution is 2.25. The largest absolute Gasteiger partial charge is 0.433 e. The minimum Gasteiger partial charge on any atom is -0.401 e. The second kappa shape index (κ2) is 5.69. The predicted octanol–water partition coefficient (Wildman–Crippen LogP) is 2.41. The number of carbonyl (C=O) groups is 2. The summed E-state index contributed by atoms with van der Waals surface area (Å²) >= 11 is 3.29. The lowest BCUT2D eigenvalue weighted by molar-refractivity contribution is -0.402. The Kier molecular flexibility index (Phi) is 3.70. The number of furan rings is 1. The summed E-state index contributed by atoms with van der Waals surface area (Å²) in [6, 6.07) is 9.28. The molecule has 0 atom stereocenters. The molecule has 0 aliphatic carbocycles. The number of hydrazine groups is 1. The first-order valence-corrected chi connectivity index (χ1v) is 7.12. The number of nitrogens with zero attached hydrogens (tertiary/aromatic N) is 2. The molecule has 2 amide bonds. The van der Waals surface area contributed by atoms with E-state index in [2.05, 4.69) is 21.4 Å². The zero-order chi connectivity index (χ0) is 16.6. The van der Waals surface area contributed by atoms with Crippen LogP contribution in [-0.4, -0.2) is 16.7 Å². The fourth-order valence-electron chi connectivity index (χ4n) is 2.01. The molecule has 1 fully saturated rings. The summed E-state index contributed by atoms with van der Waals surface area (Å²) < 4.78 is 5.68. The highest BCUT2D eigenvalue weighted by molar-refractivity contribution is 9.10. The van der Waals surface area contributed by atoms with Gasteiger partial charge in [0.15, 0.2) is 0 Å². The lowest BCUT2D eigenvalue weighted by atomic mass is 10.2. The van der Waals surface area contributed by atoms with E-state index < -0.39 is 22.6 Å². The van der Waals surface area contributed by atoms with Gasteiger partial charge in [-0.1, -0.05) is 22.0 Å². The third-order valence-corrected chi connectivity index (χ3v) is 3.53. The minimum atomic E-state index is -0.702. The van der Waals surface area contributed by atoms with Crippen molar-refractivity contribution < 1.29 is 18.9 Å². The summed E-state index contributed by atoms with van der Waals surface area (Å²) in [7, 11) is 0. The summed E-state index contributed by atoms with van der Waals surface area (Å²) in [5, 5.41) is 11.7. The van der Waals surface area contributed by atoms with Crippen LogP contribution in [0.15, 0.2) is 50.9 Å². The third kappa shape index (κ3) is 2.86. The Morgan fingerprint density at radius 2 is 2.04 bits per heavy atom. The average molecular weight is 378 g/mol. The van der Waals surface area contributed by atoms with Gasteiger partial charge in [-0.25, -0.2) is 5.01 Å². The van der Waals surface area contributed by atoms with Crippen LogP contribution in [0.1, 0.15) is 5.76 Å². The molecule has 0 spiro atoms. The highest BCUT2D eigenvalue weighted by atomic mass is 79.9. The monoisotopic (exact) mass is 377 g/mol. The molecule has 23 heavy (non-hydrogen) atoms. The summed E-state index contributed by atoms with van der Waals surface area (Å²) in [6.07, 6.45) is 1.17. The van der Waals surface area contributed by atoms with E-state index in [0.29, 0.717) is 5.69 Å². The zero-order valence-electron chi connectivity index (χ0n) is 11.4. The van der Waals surface area contributed by atoms with E-state index >= 15 is 0 Å². The first kappa shape index (κ1) is 15.0. The zero-order valence-corrected chi connectivity index (χ0v) is 12.9. The Bertz CT molecular complexity index is 858. The normalized spacial score (nSPS) is 16.0. The maximum Gasteiger partial charge on any atom is 0.433 e. The molecule has 1 aliphatic rings. The SMILES string of the molecule is O=C1NN(c2cccc(Br)c2)C(=O)C1=Cc1ccc([N+](=O)[O-])o1. The molecule has 0 bridgehead atoms. The molecule has 1 aromatic carbocycles. The van der Waals surface area contributed by atoms with Crippen LogP contribution in [0.3, 0.4) is 0 Å². The number of hydrogen-bond acceptors (Lipinski definition) is 5. The Morgan fingerprint density at radius 3 is 2.70 bits per heavy atom. The van der Waals surface area contributed by atoms with Gasteiger partial charge in [0.1, 0.15) is 16.3 Å². The van der Waals surface area contributed by atoms with Crippen LogP contribution in [0.5, 0.6) is 0 Å². The van der Waals surface area contributed by atoms with Gasteiger partial charge in [-0.05, 0) is 30.3 Å². The smallest absolute Gasteiger partial charge is 0.401 e. The molecule has 0 unspecified atom stereocenters. The number of carbonyl (C=O) groups excluding carboxylic acids is 2. The van der Waals surface area contributed by atoms with Gasteiger partial charge < -0.3 is 4.42 Å². The van der Waals surface area contributed by atoms with E-state index in [0.717, 1.165) is 15.5 Å². The molecule has 2 heterocycles. The molecule has 0 radical (unpaired) electrons. The van der Waals surface area contributed by atoms with Crippen molar-refractivity contribution in [3.05, 3.63) is 62.3 Å². The molecule has 1 saturated heterocycles. The fraction of sp³-hybridized carbons (Fsp3) is 0. The highest BCUT2D eigenvalue weighted by Gasteiger charge is 2.35. The van der Waals surface area contributed by atoms with Crippen molar-refractivity contribution in [2.24, 2.45) is 0 Å². The molecular formula is C14H8BrN3O5.